The number of rotatable bonds is 2. The van der Waals surface area contributed by atoms with E-state index in [-0.39, 0.29) is 6.79 Å². The van der Waals surface area contributed by atoms with Crippen LogP contribution < -0.4 is 0 Å². The van der Waals surface area contributed by atoms with E-state index in [1.54, 1.807) is 0 Å². The van der Waals surface area contributed by atoms with Gasteiger partial charge in [-0.3, -0.25) is 0 Å². The molecule has 0 aliphatic carbocycles. The average Bonchev–Trinajstić information content (AvgIpc) is 2.33. The first-order valence-electron chi connectivity index (χ1n) is 2.84. The monoisotopic (exact) mass is 144 g/mol. The van der Waals surface area contributed by atoms with E-state index in [0.29, 0.717) is 0 Å². The lowest BCUT2D eigenvalue weighted by molar-refractivity contribution is -0.147. The molecule has 0 saturated carbocycles. The summed E-state index contributed by atoms with van der Waals surface area (Å²) in [5, 5.41) is 8.46. The first-order chi connectivity index (χ1) is 4.75. The van der Waals surface area contributed by atoms with Crippen molar-refractivity contribution in [1.82, 2.24) is 0 Å². The van der Waals surface area contributed by atoms with Gasteiger partial charge in [0.2, 0.25) is 0 Å². The maximum atomic E-state index is 10.3. The second kappa shape index (κ2) is 2.81. The second-order valence-corrected chi connectivity index (χ2v) is 1.91. The molecule has 0 radical (unpaired) electrons. The molecule has 1 N–H and O–H groups in total. The molecule has 2 atom stereocenters. The van der Waals surface area contributed by atoms with Gasteiger partial charge in [-0.25, -0.2) is 4.79 Å². The van der Waals surface area contributed by atoms with Gasteiger partial charge >= 0.3 is 5.97 Å². The molecule has 56 valence electrons. The number of carbonyl (C=O) groups is 1. The van der Waals surface area contributed by atoms with Crippen LogP contribution in [0.1, 0.15) is 0 Å². The molecule has 1 fully saturated rings. The van der Waals surface area contributed by atoms with Crippen LogP contribution in [0.15, 0.2) is 12.7 Å². The summed E-state index contributed by atoms with van der Waals surface area (Å²) in [7, 11) is 0. The van der Waals surface area contributed by atoms with E-state index < -0.39 is 18.2 Å². The lowest BCUT2D eigenvalue weighted by Crippen LogP contribution is -2.29. The summed E-state index contributed by atoms with van der Waals surface area (Å²) in [5.41, 5.74) is 0. The van der Waals surface area contributed by atoms with E-state index >= 15 is 0 Å². The fraction of sp³-hybridized carbons (Fsp3) is 0.500. The molecular formula is C6H8O4. The van der Waals surface area contributed by atoms with Crippen molar-refractivity contribution in [3.05, 3.63) is 12.7 Å². The Morgan fingerprint density at radius 1 is 1.70 bits per heavy atom. The van der Waals surface area contributed by atoms with Gasteiger partial charge in [0, 0.05) is 0 Å². The molecule has 1 saturated heterocycles. The van der Waals surface area contributed by atoms with Gasteiger partial charge in [-0.2, -0.15) is 0 Å². The van der Waals surface area contributed by atoms with Crippen LogP contribution in [0.4, 0.5) is 0 Å². The van der Waals surface area contributed by atoms with Gasteiger partial charge in [0.25, 0.3) is 0 Å². The summed E-state index contributed by atoms with van der Waals surface area (Å²) in [5.74, 6) is -1.01. The van der Waals surface area contributed by atoms with E-state index in [1.807, 2.05) is 0 Å². The first kappa shape index (κ1) is 7.24. The molecule has 0 amide bonds. The summed E-state index contributed by atoms with van der Waals surface area (Å²) >= 11 is 0. The average molecular weight is 144 g/mol. The second-order valence-electron chi connectivity index (χ2n) is 1.91. The van der Waals surface area contributed by atoms with Gasteiger partial charge < -0.3 is 14.6 Å². The van der Waals surface area contributed by atoms with Gasteiger partial charge in [0.1, 0.15) is 12.9 Å². The molecule has 1 aliphatic heterocycles. The van der Waals surface area contributed by atoms with Crippen molar-refractivity contribution in [2.24, 2.45) is 0 Å². The van der Waals surface area contributed by atoms with E-state index in [2.05, 4.69) is 6.58 Å². The summed E-state index contributed by atoms with van der Waals surface area (Å²) in [6, 6.07) is 0. The molecule has 1 heterocycles. The number of ether oxygens (including phenoxy) is 2. The molecule has 0 bridgehead atoms. The lowest BCUT2D eigenvalue weighted by Gasteiger charge is -2.06. The van der Waals surface area contributed by atoms with Crippen LogP contribution in [0.25, 0.3) is 0 Å². The quantitative estimate of drug-likeness (QED) is 0.554. The van der Waals surface area contributed by atoms with Crippen molar-refractivity contribution in [3.63, 3.8) is 0 Å². The maximum absolute atomic E-state index is 10.3. The van der Waals surface area contributed by atoms with Gasteiger partial charge in [-0.1, -0.05) is 6.08 Å². The fourth-order valence-electron chi connectivity index (χ4n) is 0.777. The predicted octanol–water partition coefficient (Wildman–Crippen LogP) is -0.00150. The third-order valence-electron chi connectivity index (χ3n) is 1.28. The first-order valence-corrected chi connectivity index (χ1v) is 2.84. The standard InChI is InChI=1S/C6H8O4/c1-2-4-5(6(7)8)10-3-9-4/h2,4-5H,1,3H2,(H,7,8). The SMILES string of the molecule is C=CC1OCOC1C(=O)O. The highest BCUT2D eigenvalue weighted by Crippen LogP contribution is 2.13. The Hall–Kier alpha value is -0.870. The Morgan fingerprint density at radius 2 is 2.40 bits per heavy atom. The molecule has 4 nitrogen and oxygen atoms in total. The molecular weight excluding hydrogens is 136 g/mol. The lowest BCUT2D eigenvalue weighted by atomic mass is 10.2. The molecule has 0 spiro atoms. The van der Waals surface area contributed by atoms with E-state index in [4.69, 9.17) is 14.6 Å². The molecule has 0 aromatic rings. The van der Waals surface area contributed by atoms with E-state index in [9.17, 15) is 4.79 Å². The van der Waals surface area contributed by atoms with Crippen molar-refractivity contribution in [3.8, 4) is 0 Å². The Labute approximate surface area is 58.1 Å². The topological polar surface area (TPSA) is 55.8 Å². The van der Waals surface area contributed by atoms with Crippen LogP contribution in [0, 0.1) is 0 Å². The van der Waals surface area contributed by atoms with E-state index in [1.165, 1.54) is 6.08 Å². The largest absolute Gasteiger partial charge is 0.479 e. The van der Waals surface area contributed by atoms with Crippen LogP contribution >= 0.6 is 0 Å². The minimum Gasteiger partial charge on any atom is -0.479 e. The Balaban J connectivity index is 2.58. The maximum Gasteiger partial charge on any atom is 0.336 e. The van der Waals surface area contributed by atoms with Crippen LogP contribution in [-0.2, 0) is 14.3 Å². The zero-order chi connectivity index (χ0) is 7.56. The van der Waals surface area contributed by atoms with Gasteiger partial charge in [-0.15, -0.1) is 6.58 Å². The number of hydrogen-bond donors (Lipinski definition) is 1. The summed E-state index contributed by atoms with van der Waals surface area (Å²) in [4.78, 5) is 10.3. The van der Waals surface area contributed by atoms with E-state index in [0.717, 1.165) is 0 Å². The third kappa shape index (κ3) is 1.17. The van der Waals surface area contributed by atoms with Crippen LogP contribution in [0.5, 0.6) is 0 Å². The van der Waals surface area contributed by atoms with Crippen molar-refractivity contribution in [2.45, 2.75) is 12.2 Å². The van der Waals surface area contributed by atoms with Crippen molar-refractivity contribution in [2.75, 3.05) is 6.79 Å². The van der Waals surface area contributed by atoms with Gasteiger partial charge in [0.05, 0.1) is 0 Å². The Bertz CT molecular complexity index is 154. The number of carboxylic acid groups (broad SMARTS) is 1. The van der Waals surface area contributed by atoms with Crippen molar-refractivity contribution < 1.29 is 19.4 Å². The van der Waals surface area contributed by atoms with Gasteiger partial charge in [-0.05, 0) is 0 Å². The molecule has 0 aromatic heterocycles. The fourth-order valence-corrected chi connectivity index (χ4v) is 0.777. The van der Waals surface area contributed by atoms with Crippen molar-refractivity contribution >= 4 is 5.97 Å². The minimum atomic E-state index is -1.01. The summed E-state index contributed by atoms with van der Waals surface area (Å²) < 4.78 is 9.58. The highest BCUT2D eigenvalue weighted by molar-refractivity contribution is 5.73. The highest BCUT2D eigenvalue weighted by atomic mass is 16.7. The van der Waals surface area contributed by atoms with Crippen molar-refractivity contribution in [1.29, 1.82) is 0 Å². The highest BCUT2D eigenvalue weighted by Gasteiger charge is 2.32. The Morgan fingerprint density at radius 3 is 2.80 bits per heavy atom. The van der Waals surface area contributed by atoms with Crippen LogP contribution in [0.2, 0.25) is 0 Å². The predicted molar refractivity (Wildman–Crippen MR) is 32.4 cm³/mol. The smallest absolute Gasteiger partial charge is 0.336 e. The molecule has 2 unspecified atom stereocenters. The molecule has 1 rings (SSSR count). The Kier molecular flexibility index (Phi) is 2.03. The summed E-state index contributed by atoms with van der Waals surface area (Å²) in [6.07, 6.45) is 0.0428. The molecule has 1 aliphatic rings. The number of hydrogen-bond acceptors (Lipinski definition) is 3. The van der Waals surface area contributed by atoms with Gasteiger partial charge in [0.15, 0.2) is 6.10 Å². The molecule has 0 aromatic carbocycles. The minimum absolute atomic E-state index is 0.0354. The molecule has 10 heavy (non-hydrogen) atoms. The number of aliphatic carboxylic acids is 1. The number of carboxylic acids is 1. The normalized spacial score (nSPS) is 32.0. The molecule has 4 heteroatoms. The van der Waals surface area contributed by atoms with Crippen LogP contribution in [0.3, 0.4) is 0 Å². The zero-order valence-electron chi connectivity index (χ0n) is 5.32. The summed E-state index contributed by atoms with van der Waals surface area (Å²) in [6.45, 7) is 3.44. The third-order valence-corrected chi connectivity index (χ3v) is 1.28. The zero-order valence-corrected chi connectivity index (χ0v) is 5.32. The van der Waals surface area contributed by atoms with Crippen LogP contribution in [-0.4, -0.2) is 30.1 Å².